The van der Waals surface area contributed by atoms with Gasteiger partial charge in [0.15, 0.2) is 0 Å². The molecule has 11 atom stereocenters. The van der Waals surface area contributed by atoms with Crippen LogP contribution in [0.15, 0.2) is 66.2 Å². The molecule has 0 bridgehead atoms. The highest BCUT2D eigenvalue weighted by molar-refractivity contribution is 7.09. The van der Waals surface area contributed by atoms with Crippen LogP contribution in [0.5, 0.6) is 0 Å². The van der Waals surface area contributed by atoms with Gasteiger partial charge in [-0.25, -0.2) is 19.4 Å². The molecule has 1 saturated heterocycles. The van der Waals surface area contributed by atoms with Crippen molar-refractivity contribution < 1.29 is 62.2 Å². The number of nitrogens with one attached hydrogen (secondary N) is 9. The summed E-state index contributed by atoms with van der Waals surface area (Å²) in [6.07, 6.45) is 3.48. The molecule has 27 nitrogen and oxygen atoms in total. The Balaban J connectivity index is 1.38. The minimum Gasteiger partial charge on any atom is -0.445 e. The van der Waals surface area contributed by atoms with Crippen molar-refractivity contribution >= 4 is 76.5 Å². The van der Waals surface area contributed by atoms with Crippen LogP contribution in [-0.4, -0.2) is 176 Å². The fourth-order valence-electron chi connectivity index (χ4n) is 11.4. The quantitative estimate of drug-likeness (QED) is 0.0345. The molecule has 1 aliphatic rings. The van der Waals surface area contributed by atoms with Gasteiger partial charge in [0.2, 0.25) is 41.4 Å². The average Bonchev–Trinajstić information content (AvgIpc) is 1.39. The zero-order chi connectivity index (χ0) is 69.8. The summed E-state index contributed by atoms with van der Waals surface area (Å²) < 4.78 is 17.7. The number of likely N-dealkylation sites (tertiary alicyclic amines) is 1. The van der Waals surface area contributed by atoms with Gasteiger partial charge in [0.25, 0.3) is 0 Å². The number of urea groups is 2. The maximum Gasteiger partial charge on any atom is 0.408 e. The number of anilines is 1. The molecule has 4 rings (SSSR count). The Morgan fingerprint density at radius 1 is 0.777 bits per heavy atom. The number of rotatable bonds is 38. The summed E-state index contributed by atoms with van der Waals surface area (Å²) in [7, 11) is 6.10. The van der Waals surface area contributed by atoms with Gasteiger partial charge in [0.1, 0.15) is 41.3 Å². The Labute approximate surface area is 557 Å². The van der Waals surface area contributed by atoms with Crippen LogP contribution in [0, 0.1) is 23.7 Å². The number of ether oxygens (including phenoxy) is 3. The molecule has 2 aromatic carbocycles. The summed E-state index contributed by atoms with van der Waals surface area (Å²) in [5.74, 6) is -5.10. The van der Waals surface area contributed by atoms with Gasteiger partial charge in [-0.05, 0) is 113 Å². The topological polar surface area (TPSA) is 378 Å². The predicted octanol–water partition coefficient (Wildman–Crippen LogP) is 4.75. The van der Waals surface area contributed by atoms with E-state index in [-0.39, 0.29) is 62.6 Å². The van der Waals surface area contributed by atoms with E-state index in [9.17, 15) is 47.9 Å². The molecule has 1 fully saturated rings. The lowest BCUT2D eigenvalue weighted by Crippen LogP contribution is -2.62. The van der Waals surface area contributed by atoms with Crippen LogP contribution in [0.2, 0.25) is 0 Å². The molecule has 0 unspecified atom stereocenters. The first-order chi connectivity index (χ1) is 44.6. The number of aromatic nitrogens is 1. The molecule has 0 saturated carbocycles. The zero-order valence-corrected chi connectivity index (χ0v) is 57.8. The number of nitrogens with zero attached hydrogens (tertiary/aromatic N) is 3. The molecular weight excluding hydrogens is 1230 g/mol. The predicted molar refractivity (Wildman–Crippen MR) is 358 cm³/mol. The number of primary amides is 1. The van der Waals surface area contributed by atoms with E-state index in [1.165, 1.54) is 39.3 Å². The molecule has 2 heterocycles. The Kier molecular flexibility index (Phi) is 32.6. The molecule has 3 aromatic rings. The molecule has 0 aliphatic carbocycles. The molecule has 0 spiro atoms. The van der Waals surface area contributed by atoms with Gasteiger partial charge in [-0.1, -0.05) is 97.4 Å². The standard InChI is InChI=1S/C66H104N14O13S/c1-14-41(6)54(50(91-12)37-51(81)80-34-21-26-49(80)55(92-13)42(7)56(82)74-48(60-70-33-35-94-60)36-43-22-16-15-17-23-43)79(11)61(86)53(40(4)5)77-62(87)66(8,9)78-65(90)93-38-44-27-29-45(30-28-44)72-57(83)46(25-20-32-71-63(68)88)73-59(85)52(39(2)3)76-58(84)47(24-18-19-31-67)75-64(89)69-10/h15-17,22-23,27-30,33,35,39-42,46-50,52-55H,14,18-21,24-26,31-32,34,36-38,67H2,1-13H3,(H,72,83)(H,73,85)(H,74,82)(H,76,84)(H,77,87)(H,78,90)(H3,68,71,88)(H2,69,75,89)/t41-,42+,46-,47-,48-,49-,50+,52-,53-,54-,55+/m0/s1. The number of likely N-dealkylation sites (N-methyl/N-ethyl adjacent to an activating group) is 1. The van der Waals surface area contributed by atoms with E-state index in [2.05, 4.69) is 52.8 Å². The first kappa shape index (κ1) is 78.5. The molecule has 94 heavy (non-hydrogen) atoms. The van der Waals surface area contributed by atoms with Crippen LogP contribution >= 0.6 is 11.3 Å². The second-order valence-electron chi connectivity index (χ2n) is 25.2. The number of carbonyl (C=O) groups excluding carboxylic acids is 10. The highest BCUT2D eigenvalue weighted by atomic mass is 32.1. The number of thiazole rings is 1. The summed E-state index contributed by atoms with van der Waals surface area (Å²) in [5.41, 5.74) is 11.2. The third-order valence-corrected chi connectivity index (χ3v) is 17.9. The maximum absolute atomic E-state index is 14.7. The Hall–Kier alpha value is -7.95. The van der Waals surface area contributed by atoms with E-state index in [1.54, 1.807) is 82.1 Å². The summed E-state index contributed by atoms with van der Waals surface area (Å²) in [5, 5.41) is 27.0. The van der Waals surface area contributed by atoms with Gasteiger partial charge in [-0.3, -0.25) is 33.6 Å². The van der Waals surface area contributed by atoms with Gasteiger partial charge in [-0.15, -0.1) is 11.3 Å². The number of carbonyl (C=O) groups is 10. The van der Waals surface area contributed by atoms with Crippen molar-refractivity contribution in [1.82, 2.24) is 57.3 Å². The summed E-state index contributed by atoms with van der Waals surface area (Å²) in [6.45, 7) is 16.4. The summed E-state index contributed by atoms with van der Waals surface area (Å²) >= 11 is 1.47. The van der Waals surface area contributed by atoms with Crippen LogP contribution < -0.4 is 59.3 Å². The number of nitrogens with two attached hydrogens (primary N) is 2. The van der Waals surface area contributed by atoms with E-state index in [0.29, 0.717) is 62.9 Å². The third-order valence-electron chi connectivity index (χ3n) is 17.0. The zero-order valence-electron chi connectivity index (χ0n) is 57.0. The second kappa shape index (κ2) is 39.0. The van der Waals surface area contributed by atoms with Crippen LogP contribution in [0.4, 0.5) is 20.1 Å². The third kappa shape index (κ3) is 24.1. The van der Waals surface area contributed by atoms with Gasteiger partial charge in [0, 0.05) is 58.7 Å². The molecular formula is C66H104N14O13S. The summed E-state index contributed by atoms with van der Waals surface area (Å²) in [4.78, 5) is 143. The van der Waals surface area contributed by atoms with Crippen LogP contribution in [-0.2, 0) is 60.8 Å². The SMILES string of the molecule is CC[C@H](C)[C@@H]([C@@H](CC(=O)N1CCC[C@H]1[C@H](OC)[C@@H](C)C(=O)N[C@@H](Cc1ccccc1)c1nccs1)OC)N(C)C(=O)[C@@H](NC(=O)C(C)(C)NC(=O)OCc1ccc(NC(=O)[C@H](CCCNC(N)=O)NC(=O)[C@@H](NC(=O)[C@H](CCCCN)NC(=O)NC)C(C)C)cc1)C(C)C. The van der Waals surface area contributed by atoms with Crippen molar-refractivity contribution in [3.8, 4) is 0 Å². The van der Waals surface area contributed by atoms with Gasteiger partial charge in [0.05, 0.1) is 42.7 Å². The number of amides is 12. The Bertz CT molecular complexity index is 2920. The Morgan fingerprint density at radius 2 is 1.44 bits per heavy atom. The van der Waals surface area contributed by atoms with Gasteiger partial charge < -0.3 is 83.3 Å². The van der Waals surface area contributed by atoms with E-state index in [1.807, 2.05) is 56.5 Å². The molecule has 522 valence electrons. The first-order valence-electron chi connectivity index (χ1n) is 32.4. The van der Waals surface area contributed by atoms with Crippen molar-refractivity contribution in [1.29, 1.82) is 0 Å². The van der Waals surface area contributed by atoms with Crippen molar-refractivity contribution in [2.75, 3.05) is 53.3 Å². The highest BCUT2D eigenvalue weighted by Gasteiger charge is 2.44. The van der Waals surface area contributed by atoms with Crippen LogP contribution in [0.1, 0.15) is 142 Å². The highest BCUT2D eigenvalue weighted by Crippen LogP contribution is 2.31. The largest absolute Gasteiger partial charge is 0.445 e. The normalized spacial score (nSPS) is 16.3. The molecule has 28 heteroatoms. The lowest BCUT2D eigenvalue weighted by Gasteiger charge is -2.41. The van der Waals surface area contributed by atoms with Gasteiger partial charge in [-0.2, -0.15) is 0 Å². The van der Waals surface area contributed by atoms with Crippen LogP contribution in [0.25, 0.3) is 0 Å². The first-order valence-corrected chi connectivity index (χ1v) is 33.3. The minimum absolute atomic E-state index is 0.0591. The van der Waals surface area contributed by atoms with Crippen molar-refractivity contribution in [2.24, 2.45) is 35.1 Å². The smallest absolute Gasteiger partial charge is 0.408 e. The lowest BCUT2D eigenvalue weighted by molar-refractivity contribution is -0.148. The molecule has 13 N–H and O–H groups in total. The van der Waals surface area contributed by atoms with Crippen molar-refractivity contribution in [3.05, 3.63) is 82.3 Å². The average molecular weight is 1330 g/mol. The fraction of sp³-hybridized carbons (Fsp3) is 0.621. The lowest BCUT2D eigenvalue weighted by atomic mass is 9.89. The minimum atomic E-state index is -1.59. The number of alkyl carbamates (subject to hydrolysis) is 1. The van der Waals surface area contributed by atoms with Crippen molar-refractivity contribution in [2.45, 2.75) is 193 Å². The number of hydrogen-bond acceptors (Lipinski definition) is 16. The second-order valence-corrected chi connectivity index (χ2v) is 26.1. The molecule has 1 aliphatic heterocycles. The number of methoxy groups -OCH3 is 2. The maximum atomic E-state index is 14.7. The fourth-order valence-corrected chi connectivity index (χ4v) is 12.0. The molecule has 0 radical (unpaired) electrons. The number of benzene rings is 2. The number of hydrogen-bond donors (Lipinski definition) is 11. The van der Waals surface area contributed by atoms with E-state index in [4.69, 9.17) is 25.7 Å². The summed E-state index contributed by atoms with van der Waals surface area (Å²) in [6, 6.07) is 9.11. The Morgan fingerprint density at radius 3 is 2.02 bits per heavy atom. The molecule has 1 aromatic heterocycles. The van der Waals surface area contributed by atoms with Gasteiger partial charge >= 0.3 is 18.2 Å². The molecule has 12 amide bonds. The van der Waals surface area contributed by atoms with E-state index in [0.717, 1.165) is 10.6 Å². The van der Waals surface area contributed by atoms with Crippen molar-refractivity contribution in [3.63, 3.8) is 0 Å². The monoisotopic (exact) mass is 1330 g/mol. The number of unbranched alkanes of at least 4 members (excludes halogenated alkanes) is 1. The van der Waals surface area contributed by atoms with E-state index < -0.39 is 119 Å². The van der Waals surface area contributed by atoms with Crippen LogP contribution in [0.3, 0.4) is 0 Å². The van der Waals surface area contributed by atoms with E-state index >= 15 is 0 Å².